The highest BCUT2D eigenvalue weighted by atomic mass is 32.2. The van der Waals surface area contributed by atoms with E-state index in [-0.39, 0.29) is 29.4 Å². The summed E-state index contributed by atoms with van der Waals surface area (Å²) < 4.78 is 17.0. The predicted molar refractivity (Wildman–Crippen MR) is 98.0 cm³/mol. The summed E-state index contributed by atoms with van der Waals surface area (Å²) in [7, 11) is 0. The summed E-state index contributed by atoms with van der Waals surface area (Å²) in [6, 6.07) is 11.0. The minimum Gasteiger partial charge on any atom is -0.485 e. The lowest BCUT2D eigenvalue weighted by Gasteiger charge is -2.23. The van der Waals surface area contributed by atoms with Crippen LogP contribution in [0.1, 0.15) is 17.6 Å². The van der Waals surface area contributed by atoms with E-state index in [2.05, 4.69) is 15.5 Å². The molecule has 0 spiro atoms. The first-order valence-electron chi connectivity index (χ1n) is 7.85. The number of anilines is 1. The molecule has 1 amide bonds. The number of para-hydroxylation sites is 2. The minimum absolute atomic E-state index is 0.0786. The number of amides is 1. The number of hydrogen-bond acceptors (Lipinski definition) is 9. The van der Waals surface area contributed by atoms with E-state index >= 15 is 0 Å². The average Bonchev–Trinajstić information content (AvgIpc) is 3.35. The summed E-state index contributed by atoms with van der Waals surface area (Å²) in [6.07, 6.45) is -0.500. The van der Waals surface area contributed by atoms with Gasteiger partial charge in [-0.05, 0) is 23.6 Å². The van der Waals surface area contributed by atoms with E-state index in [1.807, 2.05) is 24.3 Å². The van der Waals surface area contributed by atoms with Crippen LogP contribution in [0.15, 0.2) is 45.4 Å². The molecule has 1 aromatic carbocycles. The number of ether oxygens (including phenoxy) is 2. The van der Waals surface area contributed by atoms with Crippen LogP contribution in [0.25, 0.3) is 0 Å². The largest absolute Gasteiger partial charge is 0.485 e. The number of carbonyl (C=O) groups excluding carboxylic acids is 1. The Hall–Kier alpha value is -3.03. The fourth-order valence-corrected chi connectivity index (χ4v) is 3.66. The zero-order valence-corrected chi connectivity index (χ0v) is 15.4. The van der Waals surface area contributed by atoms with E-state index in [1.54, 1.807) is 17.5 Å². The number of thiophene rings is 1. The molecule has 4 rings (SSSR count). The molecule has 1 atom stereocenters. The number of thioether (sulfide) groups is 1. The number of nitriles is 1. The van der Waals surface area contributed by atoms with Crippen LogP contribution >= 0.6 is 23.1 Å². The van der Waals surface area contributed by atoms with Gasteiger partial charge in [-0.2, -0.15) is 5.26 Å². The minimum atomic E-state index is -0.500. The molecule has 3 aromatic rings. The molecule has 3 heterocycles. The second-order valence-corrected chi connectivity index (χ2v) is 7.23. The normalized spacial score (nSPS) is 15.1. The van der Waals surface area contributed by atoms with Crippen LogP contribution in [0.5, 0.6) is 11.5 Å². The second kappa shape index (κ2) is 7.69. The van der Waals surface area contributed by atoms with Crippen molar-refractivity contribution >= 4 is 34.0 Å². The van der Waals surface area contributed by atoms with Crippen LogP contribution in [0, 0.1) is 11.3 Å². The summed E-state index contributed by atoms with van der Waals surface area (Å²) in [5, 5.41) is 22.1. The summed E-state index contributed by atoms with van der Waals surface area (Å²) in [5.74, 6) is 1.40. The van der Waals surface area contributed by atoms with Gasteiger partial charge in [0.15, 0.2) is 11.5 Å². The van der Waals surface area contributed by atoms with Crippen molar-refractivity contribution < 1.29 is 18.7 Å². The van der Waals surface area contributed by atoms with E-state index in [4.69, 9.17) is 19.2 Å². The molecule has 0 bridgehead atoms. The van der Waals surface area contributed by atoms with Crippen molar-refractivity contribution in [2.45, 2.75) is 11.3 Å². The monoisotopic (exact) mass is 400 g/mol. The van der Waals surface area contributed by atoms with Crippen molar-refractivity contribution in [1.82, 2.24) is 10.2 Å². The molecule has 1 aliphatic heterocycles. The van der Waals surface area contributed by atoms with E-state index in [9.17, 15) is 4.79 Å². The number of aromatic nitrogens is 2. The Balaban J connectivity index is 1.34. The van der Waals surface area contributed by atoms with Gasteiger partial charge in [0, 0.05) is 0 Å². The Kier molecular flexibility index (Phi) is 4.95. The Morgan fingerprint density at radius 3 is 3.04 bits per heavy atom. The summed E-state index contributed by atoms with van der Waals surface area (Å²) in [5.41, 5.74) is 0.438. The molecule has 0 unspecified atom stereocenters. The van der Waals surface area contributed by atoms with Crippen LogP contribution in [-0.2, 0) is 4.79 Å². The van der Waals surface area contributed by atoms with Gasteiger partial charge in [-0.1, -0.05) is 23.9 Å². The van der Waals surface area contributed by atoms with Crippen molar-refractivity contribution in [3.63, 3.8) is 0 Å². The highest BCUT2D eigenvalue weighted by molar-refractivity contribution is 7.99. The molecule has 27 heavy (non-hydrogen) atoms. The molecular weight excluding hydrogens is 388 g/mol. The van der Waals surface area contributed by atoms with E-state index < -0.39 is 6.10 Å². The van der Waals surface area contributed by atoms with Crippen LogP contribution in [0.4, 0.5) is 5.00 Å². The van der Waals surface area contributed by atoms with E-state index in [0.29, 0.717) is 22.1 Å². The van der Waals surface area contributed by atoms with Crippen molar-refractivity contribution in [2.24, 2.45) is 0 Å². The average molecular weight is 400 g/mol. The Morgan fingerprint density at radius 2 is 2.19 bits per heavy atom. The van der Waals surface area contributed by atoms with Crippen molar-refractivity contribution in [3.05, 3.63) is 47.2 Å². The van der Waals surface area contributed by atoms with Crippen LogP contribution in [0.3, 0.4) is 0 Å². The highest BCUT2D eigenvalue weighted by Gasteiger charge is 2.27. The van der Waals surface area contributed by atoms with Gasteiger partial charge in [0.25, 0.3) is 11.1 Å². The van der Waals surface area contributed by atoms with E-state index in [0.717, 1.165) is 11.8 Å². The number of nitrogens with one attached hydrogen (secondary N) is 1. The van der Waals surface area contributed by atoms with Gasteiger partial charge in [0.05, 0.1) is 11.3 Å². The third-order valence-electron chi connectivity index (χ3n) is 3.57. The van der Waals surface area contributed by atoms with Gasteiger partial charge in [-0.25, -0.2) is 0 Å². The zero-order chi connectivity index (χ0) is 18.6. The first-order chi connectivity index (χ1) is 13.2. The standard InChI is InChI=1S/C17H12N4O4S2/c18-7-10-5-6-26-16(10)19-14(22)9-27-17-21-20-15(25-17)13-8-23-11-3-1-2-4-12(11)24-13/h1-6,13H,8-9H2,(H,19,22)/t13-/m0/s1. The molecule has 0 fully saturated rings. The molecule has 8 nitrogen and oxygen atoms in total. The SMILES string of the molecule is N#Cc1ccsc1NC(=O)CSc1nnc([C@@H]2COc3ccccc3O2)o1. The molecular formula is C17H12N4O4S2. The molecule has 2 aromatic heterocycles. The maximum atomic E-state index is 12.0. The maximum absolute atomic E-state index is 12.0. The highest BCUT2D eigenvalue weighted by Crippen LogP contribution is 2.36. The fraction of sp³-hybridized carbons (Fsp3) is 0.176. The van der Waals surface area contributed by atoms with Gasteiger partial charge in [-0.15, -0.1) is 21.5 Å². The Labute approximate surface area is 162 Å². The number of benzene rings is 1. The van der Waals surface area contributed by atoms with Crippen LogP contribution in [-0.4, -0.2) is 28.5 Å². The molecule has 0 aliphatic carbocycles. The quantitative estimate of drug-likeness (QED) is 0.650. The maximum Gasteiger partial charge on any atom is 0.277 e. The van der Waals surface area contributed by atoms with Gasteiger partial charge in [0.2, 0.25) is 12.0 Å². The molecule has 1 N–H and O–H groups in total. The zero-order valence-electron chi connectivity index (χ0n) is 13.7. The topological polar surface area (TPSA) is 110 Å². The molecule has 0 saturated carbocycles. The first-order valence-corrected chi connectivity index (χ1v) is 9.71. The van der Waals surface area contributed by atoms with Gasteiger partial charge < -0.3 is 19.2 Å². The molecule has 136 valence electrons. The predicted octanol–water partition coefficient (Wildman–Crippen LogP) is 3.25. The van der Waals surface area contributed by atoms with Crippen LogP contribution in [0.2, 0.25) is 0 Å². The van der Waals surface area contributed by atoms with Gasteiger partial charge >= 0.3 is 0 Å². The lowest BCUT2D eigenvalue weighted by atomic mass is 10.2. The Morgan fingerprint density at radius 1 is 1.33 bits per heavy atom. The number of rotatable bonds is 5. The molecule has 0 saturated heterocycles. The molecule has 1 aliphatic rings. The summed E-state index contributed by atoms with van der Waals surface area (Å²) >= 11 is 2.40. The third-order valence-corrected chi connectivity index (χ3v) is 5.22. The summed E-state index contributed by atoms with van der Waals surface area (Å²) in [4.78, 5) is 12.0. The third kappa shape index (κ3) is 3.89. The van der Waals surface area contributed by atoms with E-state index in [1.165, 1.54) is 11.3 Å². The number of fused-ring (bicyclic) bond motifs is 1. The number of carbonyl (C=O) groups is 1. The number of nitrogens with zero attached hydrogens (tertiary/aromatic N) is 3. The fourth-order valence-electron chi connectivity index (χ4n) is 2.33. The smallest absolute Gasteiger partial charge is 0.277 e. The van der Waals surface area contributed by atoms with Gasteiger partial charge in [-0.3, -0.25) is 4.79 Å². The molecule has 0 radical (unpaired) electrons. The van der Waals surface area contributed by atoms with Crippen molar-refractivity contribution in [3.8, 4) is 17.6 Å². The van der Waals surface area contributed by atoms with Gasteiger partial charge in [0.1, 0.15) is 17.7 Å². The van der Waals surface area contributed by atoms with Crippen molar-refractivity contribution in [1.29, 1.82) is 5.26 Å². The number of hydrogen-bond donors (Lipinski definition) is 1. The second-order valence-electron chi connectivity index (χ2n) is 5.38. The van der Waals surface area contributed by atoms with Crippen molar-refractivity contribution in [2.75, 3.05) is 17.7 Å². The first kappa shape index (κ1) is 17.4. The Bertz CT molecular complexity index is 1010. The summed E-state index contributed by atoms with van der Waals surface area (Å²) in [6.45, 7) is 0.263. The molecule has 10 heteroatoms. The van der Waals surface area contributed by atoms with Crippen LogP contribution < -0.4 is 14.8 Å². The lowest BCUT2D eigenvalue weighted by molar-refractivity contribution is -0.113. The lowest BCUT2D eigenvalue weighted by Crippen LogP contribution is -2.21.